The summed E-state index contributed by atoms with van der Waals surface area (Å²) >= 11 is 0. The summed E-state index contributed by atoms with van der Waals surface area (Å²) in [6.07, 6.45) is 1.08. The lowest BCUT2D eigenvalue weighted by Crippen LogP contribution is -2.40. The second-order valence-corrected chi connectivity index (χ2v) is 3.29. The van der Waals surface area contributed by atoms with Crippen LogP contribution in [-0.4, -0.2) is 12.6 Å². The van der Waals surface area contributed by atoms with Crippen molar-refractivity contribution in [1.82, 2.24) is 5.32 Å². The van der Waals surface area contributed by atoms with E-state index in [0.717, 1.165) is 19.5 Å². The lowest BCUT2D eigenvalue weighted by molar-refractivity contribution is 0.487. The van der Waals surface area contributed by atoms with Gasteiger partial charge in [-0.2, -0.15) is 0 Å². The molecule has 0 aromatic heterocycles. The Bertz CT molecular complexity index is 275. The van der Waals surface area contributed by atoms with Gasteiger partial charge in [0.05, 0.1) is 0 Å². The second kappa shape index (κ2) is 4.61. The molecule has 3 heteroatoms. The van der Waals surface area contributed by atoms with Crippen LogP contribution in [-0.2, 0) is 13.0 Å². The van der Waals surface area contributed by atoms with Crippen LogP contribution >= 0.6 is 12.4 Å². The molecule has 2 rings (SSSR count). The Balaban J connectivity index is 0.000000845. The van der Waals surface area contributed by atoms with E-state index in [-0.39, 0.29) is 12.4 Å². The minimum atomic E-state index is 0. The number of rotatable bonds is 1. The molecule has 1 atom stereocenters. The highest BCUT2D eigenvalue weighted by Crippen LogP contribution is 2.15. The third-order valence-corrected chi connectivity index (χ3v) is 2.45. The van der Waals surface area contributed by atoms with E-state index in [1.165, 1.54) is 11.1 Å². The summed E-state index contributed by atoms with van der Waals surface area (Å²) in [5.74, 6) is 0. The normalized spacial score (nSPS) is 20.2. The first-order valence-corrected chi connectivity index (χ1v) is 4.40. The Kier molecular flexibility index (Phi) is 3.72. The van der Waals surface area contributed by atoms with E-state index in [9.17, 15) is 0 Å². The quantitative estimate of drug-likeness (QED) is 0.709. The van der Waals surface area contributed by atoms with Crippen molar-refractivity contribution in [2.75, 3.05) is 6.54 Å². The lowest BCUT2D eigenvalue weighted by Gasteiger charge is -2.24. The van der Waals surface area contributed by atoms with Crippen molar-refractivity contribution in [1.29, 1.82) is 0 Å². The SMILES string of the molecule is Cl.NC[C@H]1Cc2ccccc2CN1. The van der Waals surface area contributed by atoms with Crippen molar-refractivity contribution in [2.45, 2.75) is 19.0 Å². The first-order chi connectivity index (χ1) is 5.90. The molecule has 72 valence electrons. The molecule has 0 saturated heterocycles. The minimum absolute atomic E-state index is 0. The maximum Gasteiger partial charge on any atom is 0.0233 e. The predicted molar refractivity (Wildman–Crippen MR) is 57.1 cm³/mol. The fourth-order valence-corrected chi connectivity index (χ4v) is 1.69. The first kappa shape index (κ1) is 10.5. The fourth-order valence-electron chi connectivity index (χ4n) is 1.69. The van der Waals surface area contributed by atoms with Gasteiger partial charge in [0.25, 0.3) is 0 Å². The molecule has 3 N–H and O–H groups in total. The number of hydrogen-bond donors (Lipinski definition) is 2. The summed E-state index contributed by atoms with van der Waals surface area (Å²) in [5, 5.41) is 3.40. The molecule has 2 nitrogen and oxygen atoms in total. The largest absolute Gasteiger partial charge is 0.329 e. The number of fused-ring (bicyclic) bond motifs is 1. The van der Waals surface area contributed by atoms with Gasteiger partial charge in [0.15, 0.2) is 0 Å². The van der Waals surface area contributed by atoms with Gasteiger partial charge < -0.3 is 11.1 Å². The lowest BCUT2D eigenvalue weighted by atomic mass is 9.96. The van der Waals surface area contributed by atoms with Crippen molar-refractivity contribution < 1.29 is 0 Å². The van der Waals surface area contributed by atoms with Crippen molar-refractivity contribution in [3.63, 3.8) is 0 Å². The van der Waals surface area contributed by atoms with E-state index in [0.29, 0.717) is 6.04 Å². The van der Waals surface area contributed by atoms with E-state index < -0.39 is 0 Å². The molecule has 0 amide bonds. The second-order valence-electron chi connectivity index (χ2n) is 3.29. The highest BCUT2D eigenvalue weighted by molar-refractivity contribution is 5.85. The zero-order valence-electron chi connectivity index (χ0n) is 7.49. The maximum absolute atomic E-state index is 5.60. The summed E-state index contributed by atoms with van der Waals surface area (Å²) in [5.41, 5.74) is 8.47. The van der Waals surface area contributed by atoms with Gasteiger partial charge in [-0.15, -0.1) is 12.4 Å². The van der Waals surface area contributed by atoms with Gasteiger partial charge in [-0.1, -0.05) is 24.3 Å². The van der Waals surface area contributed by atoms with Gasteiger partial charge in [-0.3, -0.25) is 0 Å². The minimum Gasteiger partial charge on any atom is -0.329 e. The van der Waals surface area contributed by atoms with Crippen LogP contribution in [0.3, 0.4) is 0 Å². The molecule has 1 aliphatic heterocycles. The van der Waals surface area contributed by atoms with Gasteiger partial charge in [0.1, 0.15) is 0 Å². The standard InChI is InChI=1S/C10H14N2.ClH/c11-6-10-5-8-3-1-2-4-9(8)7-12-10;/h1-4,10,12H,5-7,11H2;1H/t10-;/m1./s1. The molecule has 1 aromatic carbocycles. The third-order valence-electron chi connectivity index (χ3n) is 2.45. The van der Waals surface area contributed by atoms with Crippen LogP contribution in [0.15, 0.2) is 24.3 Å². The van der Waals surface area contributed by atoms with Crippen molar-refractivity contribution in [3.8, 4) is 0 Å². The molecule has 0 bridgehead atoms. The van der Waals surface area contributed by atoms with E-state index in [1.807, 2.05) is 0 Å². The van der Waals surface area contributed by atoms with Crippen molar-refractivity contribution >= 4 is 12.4 Å². The van der Waals surface area contributed by atoms with Gasteiger partial charge in [0.2, 0.25) is 0 Å². The molecule has 0 fully saturated rings. The zero-order chi connectivity index (χ0) is 8.39. The Hall–Kier alpha value is -0.570. The smallest absolute Gasteiger partial charge is 0.0233 e. The monoisotopic (exact) mass is 198 g/mol. The maximum atomic E-state index is 5.60. The molecule has 1 aromatic rings. The molecule has 0 spiro atoms. The van der Waals surface area contributed by atoms with Gasteiger partial charge >= 0.3 is 0 Å². The van der Waals surface area contributed by atoms with Crippen LogP contribution in [0.1, 0.15) is 11.1 Å². The Labute approximate surface area is 84.9 Å². The van der Waals surface area contributed by atoms with Gasteiger partial charge in [-0.25, -0.2) is 0 Å². The van der Waals surface area contributed by atoms with Crippen LogP contribution in [0, 0.1) is 0 Å². The molecule has 0 saturated carbocycles. The number of nitrogens with one attached hydrogen (secondary N) is 1. The molecule has 13 heavy (non-hydrogen) atoms. The summed E-state index contributed by atoms with van der Waals surface area (Å²) in [6.45, 7) is 1.70. The van der Waals surface area contributed by atoms with Crippen LogP contribution in [0.2, 0.25) is 0 Å². The molecular weight excluding hydrogens is 184 g/mol. The Morgan fingerprint density at radius 2 is 2.00 bits per heavy atom. The zero-order valence-corrected chi connectivity index (χ0v) is 8.31. The molecule has 1 aliphatic rings. The number of benzene rings is 1. The van der Waals surface area contributed by atoms with E-state index in [4.69, 9.17) is 5.73 Å². The molecular formula is C10H15ClN2. The summed E-state index contributed by atoms with van der Waals surface area (Å²) in [4.78, 5) is 0. The van der Waals surface area contributed by atoms with E-state index in [2.05, 4.69) is 29.6 Å². The molecule has 0 radical (unpaired) electrons. The van der Waals surface area contributed by atoms with Crippen LogP contribution < -0.4 is 11.1 Å². The average molecular weight is 199 g/mol. The van der Waals surface area contributed by atoms with Crippen LogP contribution in [0.5, 0.6) is 0 Å². The van der Waals surface area contributed by atoms with Gasteiger partial charge in [-0.05, 0) is 17.5 Å². The van der Waals surface area contributed by atoms with Crippen LogP contribution in [0.25, 0.3) is 0 Å². The van der Waals surface area contributed by atoms with Crippen molar-refractivity contribution in [2.24, 2.45) is 5.73 Å². The topological polar surface area (TPSA) is 38.0 Å². The first-order valence-electron chi connectivity index (χ1n) is 4.40. The number of hydrogen-bond acceptors (Lipinski definition) is 2. The Morgan fingerprint density at radius 1 is 1.31 bits per heavy atom. The average Bonchev–Trinajstić information content (AvgIpc) is 2.17. The third kappa shape index (κ3) is 2.21. The molecule has 0 aliphatic carbocycles. The molecule has 0 unspecified atom stereocenters. The highest BCUT2D eigenvalue weighted by Gasteiger charge is 2.14. The Morgan fingerprint density at radius 3 is 2.69 bits per heavy atom. The van der Waals surface area contributed by atoms with Gasteiger partial charge in [0, 0.05) is 19.1 Å². The molecule has 1 heterocycles. The summed E-state index contributed by atoms with van der Waals surface area (Å²) < 4.78 is 0. The number of nitrogens with two attached hydrogens (primary N) is 1. The summed E-state index contributed by atoms with van der Waals surface area (Å²) in [7, 11) is 0. The number of halogens is 1. The van der Waals surface area contributed by atoms with Crippen LogP contribution in [0.4, 0.5) is 0 Å². The van der Waals surface area contributed by atoms with E-state index >= 15 is 0 Å². The van der Waals surface area contributed by atoms with Crippen molar-refractivity contribution in [3.05, 3.63) is 35.4 Å². The summed E-state index contributed by atoms with van der Waals surface area (Å²) in [6, 6.07) is 9.02. The highest BCUT2D eigenvalue weighted by atomic mass is 35.5. The fraction of sp³-hybridized carbons (Fsp3) is 0.400. The predicted octanol–water partition coefficient (Wildman–Crippen LogP) is 1.08. The van der Waals surface area contributed by atoms with E-state index in [1.54, 1.807) is 0 Å².